The van der Waals surface area contributed by atoms with Crippen LogP contribution >= 0.6 is 0 Å². The minimum absolute atomic E-state index is 0.690. The zero-order chi connectivity index (χ0) is 17.9. The molecule has 0 bridgehead atoms. The summed E-state index contributed by atoms with van der Waals surface area (Å²) in [5, 5.41) is 3.54. The van der Waals surface area contributed by atoms with E-state index in [4.69, 9.17) is 4.98 Å². The number of fused-ring (bicyclic) bond motifs is 1. The van der Waals surface area contributed by atoms with Gasteiger partial charge in [-0.15, -0.1) is 0 Å². The van der Waals surface area contributed by atoms with E-state index in [0.29, 0.717) is 5.78 Å². The van der Waals surface area contributed by atoms with Crippen LogP contribution in [-0.2, 0) is 6.54 Å². The lowest BCUT2D eigenvalue weighted by atomic mass is 10.1. The maximum Gasteiger partial charge on any atom is 0.235 e. The topological polar surface area (TPSA) is 45.5 Å². The summed E-state index contributed by atoms with van der Waals surface area (Å²) < 4.78 is 2.00. The predicted molar refractivity (Wildman–Crippen MR) is 107 cm³/mol. The van der Waals surface area contributed by atoms with Crippen molar-refractivity contribution in [3.8, 4) is 11.3 Å². The lowest BCUT2D eigenvalue weighted by molar-refractivity contribution is 1.06. The first-order valence-electron chi connectivity index (χ1n) is 8.61. The summed E-state index contributed by atoms with van der Waals surface area (Å²) in [5.74, 6) is 1.64. The van der Waals surface area contributed by atoms with Gasteiger partial charge in [-0.05, 0) is 23.8 Å². The molecule has 130 valence electrons. The molecular formula is C21H21N5. The molecule has 5 heteroatoms. The molecule has 0 amide bonds. The van der Waals surface area contributed by atoms with E-state index in [1.54, 1.807) is 6.20 Å². The number of hydrogen-bond acceptors (Lipinski definition) is 4. The van der Waals surface area contributed by atoms with Crippen molar-refractivity contribution in [2.24, 2.45) is 0 Å². The van der Waals surface area contributed by atoms with E-state index in [0.717, 1.165) is 29.3 Å². The Morgan fingerprint density at radius 3 is 2.46 bits per heavy atom. The molecule has 0 saturated carbocycles. The Morgan fingerprint density at radius 1 is 0.962 bits per heavy atom. The van der Waals surface area contributed by atoms with Crippen LogP contribution in [0.5, 0.6) is 0 Å². The van der Waals surface area contributed by atoms with Gasteiger partial charge in [0.1, 0.15) is 11.5 Å². The molecule has 0 atom stereocenters. The zero-order valence-electron chi connectivity index (χ0n) is 14.9. The second kappa shape index (κ2) is 6.88. The first-order chi connectivity index (χ1) is 12.7. The van der Waals surface area contributed by atoms with Crippen LogP contribution < -0.4 is 10.2 Å². The Kier molecular flexibility index (Phi) is 4.27. The Morgan fingerprint density at radius 2 is 1.73 bits per heavy atom. The van der Waals surface area contributed by atoms with E-state index in [1.165, 1.54) is 5.56 Å². The molecule has 4 aromatic rings. The summed E-state index contributed by atoms with van der Waals surface area (Å²) in [6, 6.07) is 20.7. The smallest absolute Gasteiger partial charge is 0.235 e. The van der Waals surface area contributed by atoms with Gasteiger partial charge in [-0.25, -0.2) is 9.97 Å². The summed E-state index contributed by atoms with van der Waals surface area (Å²) in [6.07, 6.45) is 3.75. The zero-order valence-corrected chi connectivity index (χ0v) is 14.9. The molecular weight excluding hydrogens is 322 g/mol. The lowest BCUT2D eigenvalue weighted by Crippen LogP contribution is -2.08. The van der Waals surface area contributed by atoms with Gasteiger partial charge in [0.2, 0.25) is 5.78 Å². The van der Waals surface area contributed by atoms with Gasteiger partial charge < -0.3 is 10.2 Å². The molecule has 2 aromatic carbocycles. The average molecular weight is 343 g/mol. The van der Waals surface area contributed by atoms with Crippen molar-refractivity contribution in [2.45, 2.75) is 6.54 Å². The van der Waals surface area contributed by atoms with E-state index < -0.39 is 0 Å². The third-order valence-electron chi connectivity index (χ3n) is 4.36. The largest absolute Gasteiger partial charge is 0.378 e. The standard InChI is InChI=1S/C21H21N5/c1-25(2)18-11-9-17(10-12-18)19-20(23-15-16-7-4-3-5-8-16)26-14-6-13-22-21(26)24-19/h3-14,23H,15H2,1-2H3. The van der Waals surface area contributed by atoms with Crippen LogP contribution in [0.15, 0.2) is 73.1 Å². The lowest BCUT2D eigenvalue weighted by Gasteiger charge is -2.13. The van der Waals surface area contributed by atoms with E-state index >= 15 is 0 Å². The third-order valence-corrected chi connectivity index (χ3v) is 4.36. The number of nitrogens with one attached hydrogen (secondary N) is 1. The fraction of sp³-hybridized carbons (Fsp3) is 0.143. The molecule has 26 heavy (non-hydrogen) atoms. The number of anilines is 2. The molecule has 4 rings (SSSR count). The number of aromatic nitrogens is 3. The third kappa shape index (κ3) is 3.11. The Labute approximate surface area is 153 Å². The molecule has 1 N–H and O–H groups in total. The highest BCUT2D eigenvalue weighted by Gasteiger charge is 2.14. The van der Waals surface area contributed by atoms with E-state index in [2.05, 4.69) is 51.6 Å². The maximum atomic E-state index is 4.75. The summed E-state index contributed by atoms with van der Waals surface area (Å²) >= 11 is 0. The number of benzene rings is 2. The van der Waals surface area contributed by atoms with Gasteiger partial charge in [0.25, 0.3) is 0 Å². The van der Waals surface area contributed by atoms with Crippen molar-refractivity contribution in [3.05, 3.63) is 78.6 Å². The quantitative estimate of drug-likeness (QED) is 0.593. The summed E-state index contributed by atoms with van der Waals surface area (Å²) in [7, 11) is 4.08. The molecule has 0 radical (unpaired) electrons. The minimum Gasteiger partial charge on any atom is -0.378 e. The normalized spacial score (nSPS) is 10.8. The van der Waals surface area contributed by atoms with Crippen molar-refractivity contribution in [1.82, 2.24) is 14.4 Å². The number of hydrogen-bond donors (Lipinski definition) is 1. The van der Waals surface area contributed by atoms with Crippen molar-refractivity contribution in [3.63, 3.8) is 0 Å². The van der Waals surface area contributed by atoms with Crippen molar-refractivity contribution in [2.75, 3.05) is 24.3 Å². The summed E-state index contributed by atoms with van der Waals surface area (Å²) in [4.78, 5) is 11.2. The van der Waals surface area contributed by atoms with Crippen LogP contribution in [0.2, 0.25) is 0 Å². The van der Waals surface area contributed by atoms with Gasteiger partial charge in [-0.3, -0.25) is 4.40 Å². The van der Waals surface area contributed by atoms with Crippen LogP contribution in [-0.4, -0.2) is 28.5 Å². The first-order valence-corrected chi connectivity index (χ1v) is 8.61. The molecule has 2 aromatic heterocycles. The Bertz CT molecular complexity index is 1000. The molecule has 0 fully saturated rings. The predicted octanol–water partition coefficient (Wildman–Crippen LogP) is 4.07. The first kappa shape index (κ1) is 16.1. The maximum absolute atomic E-state index is 4.75. The highest BCUT2D eigenvalue weighted by molar-refractivity contribution is 5.76. The van der Waals surface area contributed by atoms with Crippen LogP contribution in [0.3, 0.4) is 0 Å². The number of rotatable bonds is 5. The molecule has 2 heterocycles. The Balaban J connectivity index is 1.73. The summed E-state index contributed by atoms with van der Waals surface area (Å²) in [6.45, 7) is 0.728. The number of imidazole rings is 1. The minimum atomic E-state index is 0.690. The fourth-order valence-electron chi connectivity index (χ4n) is 2.96. The fourth-order valence-corrected chi connectivity index (χ4v) is 2.96. The van der Waals surface area contributed by atoms with Crippen LogP contribution in [0, 0.1) is 0 Å². The van der Waals surface area contributed by atoms with Crippen LogP contribution in [0.25, 0.3) is 17.0 Å². The van der Waals surface area contributed by atoms with Crippen LogP contribution in [0.4, 0.5) is 11.5 Å². The van der Waals surface area contributed by atoms with Gasteiger partial charge in [0.05, 0.1) is 0 Å². The highest BCUT2D eigenvalue weighted by Crippen LogP contribution is 2.29. The average Bonchev–Trinajstić information content (AvgIpc) is 3.06. The van der Waals surface area contributed by atoms with Gasteiger partial charge in [0.15, 0.2) is 0 Å². The van der Waals surface area contributed by atoms with Crippen molar-refractivity contribution in [1.29, 1.82) is 0 Å². The van der Waals surface area contributed by atoms with E-state index in [1.807, 2.05) is 49.0 Å². The van der Waals surface area contributed by atoms with E-state index in [9.17, 15) is 0 Å². The molecule has 0 aliphatic carbocycles. The van der Waals surface area contributed by atoms with Gasteiger partial charge in [-0.1, -0.05) is 42.5 Å². The monoisotopic (exact) mass is 343 g/mol. The van der Waals surface area contributed by atoms with E-state index in [-0.39, 0.29) is 0 Å². The summed E-state index contributed by atoms with van der Waals surface area (Å²) in [5.41, 5.74) is 4.36. The van der Waals surface area contributed by atoms with Gasteiger partial charge >= 0.3 is 0 Å². The second-order valence-corrected chi connectivity index (χ2v) is 6.38. The highest BCUT2D eigenvalue weighted by atomic mass is 15.2. The Hall–Kier alpha value is -3.34. The number of nitrogens with zero attached hydrogens (tertiary/aromatic N) is 4. The molecule has 0 unspecified atom stereocenters. The van der Waals surface area contributed by atoms with Crippen molar-refractivity contribution < 1.29 is 0 Å². The molecule has 0 saturated heterocycles. The molecule has 0 spiro atoms. The SMILES string of the molecule is CN(C)c1ccc(-c2nc3ncccn3c2NCc2ccccc2)cc1. The second-order valence-electron chi connectivity index (χ2n) is 6.38. The van der Waals surface area contributed by atoms with Crippen LogP contribution in [0.1, 0.15) is 5.56 Å². The van der Waals surface area contributed by atoms with Gasteiger partial charge in [-0.2, -0.15) is 0 Å². The molecule has 0 aliphatic rings. The van der Waals surface area contributed by atoms with Crippen molar-refractivity contribution >= 4 is 17.3 Å². The van der Waals surface area contributed by atoms with Gasteiger partial charge in [0, 0.05) is 44.3 Å². The molecule has 0 aliphatic heterocycles. The molecule has 5 nitrogen and oxygen atoms in total.